The SMILES string of the molecule is C=C(CC(O)CO)[Si](C)(C)C. The second-order valence-electron chi connectivity index (χ2n) is 3.89. The monoisotopic (exact) mass is 174 g/mol. The van der Waals surface area contributed by atoms with E-state index in [0.717, 1.165) is 5.20 Å². The number of aliphatic hydroxyl groups is 2. The summed E-state index contributed by atoms with van der Waals surface area (Å²) in [5, 5.41) is 18.8. The highest BCUT2D eigenvalue weighted by molar-refractivity contribution is 6.82. The Balaban J connectivity index is 3.88. The summed E-state index contributed by atoms with van der Waals surface area (Å²) in [7, 11) is -1.31. The Bertz CT molecular complexity index is 138. The number of aliphatic hydroxyl groups excluding tert-OH is 2. The summed E-state index contributed by atoms with van der Waals surface area (Å²) >= 11 is 0. The van der Waals surface area contributed by atoms with Gasteiger partial charge in [-0.3, -0.25) is 0 Å². The average molecular weight is 174 g/mol. The standard InChI is InChI=1S/C8H18O2Si/c1-7(11(2,3)4)5-8(10)6-9/h8-10H,1,5-6H2,2-4H3. The van der Waals surface area contributed by atoms with E-state index in [2.05, 4.69) is 26.2 Å². The van der Waals surface area contributed by atoms with Crippen molar-refractivity contribution < 1.29 is 10.2 Å². The van der Waals surface area contributed by atoms with Gasteiger partial charge in [0.25, 0.3) is 0 Å². The van der Waals surface area contributed by atoms with E-state index < -0.39 is 14.2 Å². The summed E-state index contributed by atoms with van der Waals surface area (Å²) in [4.78, 5) is 0. The molecule has 66 valence electrons. The van der Waals surface area contributed by atoms with Crippen LogP contribution >= 0.6 is 0 Å². The lowest BCUT2D eigenvalue weighted by molar-refractivity contribution is 0.0966. The maximum atomic E-state index is 9.10. The van der Waals surface area contributed by atoms with E-state index in [9.17, 15) is 0 Å². The third-order valence-electron chi connectivity index (χ3n) is 1.75. The predicted octanol–water partition coefficient (Wildman–Crippen LogP) is 1.16. The summed E-state index contributed by atoms with van der Waals surface area (Å²) in [6.07, 6.45) is -0.0686. The first-order valence-electron chi connectivity index (χ1n) is 3.85. The molecule has 0 spiro atoms. The molecule has 1 atom stereocenters. The Morgan fingerprint density at radius 2 is 1.91 bits per heavy atom. The molecule has 0 radical (unpaired) electrons. The maximum Gasteiger partial charge on any atom is 0.0804 e. The summed E-state index contributed by atoms with van der Waals surface area (Å²) in [6.45, 7) is 10.3. The quantitative estimate of drug-likeness (QED) is 0.628. The molecule has 0 saturated heterocycles. The second-order valence-corrected chi connectivity index (χ2v) is 9.10. The lowest BCUT2D eigenvalue weighted by atomic mass is 10.3. The van der Waals surface area contributed by atoms with Crippen molar-refractivity contribution in [3.63, 3.8) is 0 Å². The van der Waals surface area contributed by atoms with Crippen LogP contribution in [0.15, 0.2) is 11.8 Å². The van der Waals surface area contributed by atoms with Crippen molar-refractivity contribution in [1.82, 2.24) is 0 Å². The van der Waals surface area contributed by atoms with Gasteiger partial charge in [-0.25, -0.2) is 0 Å². The summed E-state index contributed by atoms with van der Waals surface area (Å²) in [5.74, 6) is 0. The van der Waals surface area contributed by atoms with Gasteiger partial charge in [-0.2, -0.15) is 0 Å². The van der Waals surface area contributed by atoms with Gasteiger partial charge in [0, 0.05) is 0 Å². The molecular formula is C8H18O2Si. The maximum absolute atomic E-state index is 9.10. The first-order chi connectivity index (χ1) is 4.88. The first kappa shape index (κ1) is 10.9. The van der Waals surface area contributed by atoms with Crippen molar-refractivity contribution in [3.8, 4) is 0 Å². The average Bonchev–Trinajstić information content (AvgIpc) is 1.85. The van der Waals surface area contributed by atoms with E-state index in [0.29, 0.717) is 6.42 Å². The molecule has 1 unspecified atom stereocenters. The fourth-order valence-corrected chi connectivity index (χ4v) is 1.50. The van der Waals surface area contributed by atoms with Gasteiger partial charge in [-0.1, -0.05) is 24.8 Å². The molecule has 11 heavy (non-hydrogen) atoms. The molecule has 2 N–H and O–H groups in total. The molecule has 0 rings (SSSR count). The van der Waals surface area contributed by atoms with Crippen LogP contribution in [-0.4, -0.2) is 31.0 Å². The molecule has 0 aromatic heterocycles. The second kappa shape index (κ2) is 4.04. The van der Waals surface area contributed by atoms with Crippen LogP contribution in [0.4, 0.5) is 0 Å². The third-order valence-corrected chi connectivity index (χ3v) is 4.08. The fraction of sp³-hybridized carbons (Fsp3) is 0.750. The van der Waals surface area contributed by atoms with Crippen LogP contribution in [-0.2, 0) is 0 Å². The van der Waals surface area contributed by atoms with Crippen LogP contribution in [0.3, 0.4) is 0 Å². The molecule has 0 aliphatic carbocycles. The number of hydrogen-bond donors (Lipinski definition) is 2. The minimum atomic E-state index is -1.31. The van der Waals surface area contributed by atoms with Crippen molar-refractivity contribution in [2.24, 2.45) is 0 Å². The van der Waals surface area contributed by atoms with E-state index in [-0.39, 0.29) is 6.61 Å². The van der Waals surface area contributed by atoms with Crippen LogP contribution in [0.2, 0.25) is 19.6 Å². The molecule has 3 heteroatoms. The highest BCUT2D eigenvalue weighted by Gasteiger charge is 2.19. The molecule has 0 aliphatic heterocycles. The topological polar surface area (TPSA) is 40.5 Å². The normalized spacial score (nSPS) is 14.6. The van der Waals surface area contributed by atoms with Crippen molar-refractivity contribution in [2.75, 3.05) is 6.61 Å². The molecule has 2 nitrogen and oxygen atoms in total. The molecular weight excluding hydrogens is 156 g/mol. The van der Waals surface area contributed by atoms with Crippen LogP contribution in [0.1, 0.15) is 6.42 Å². The zero-order chi connectivity index (χ0) is 9.07. The van der Waals surface area contributed by atoms with Gasteiger partial charge in [0.2, 0.25) is 0 Å². The Morgan fingerprint density at radius 3 is 2.18 bits per heavy atom. The van der Waals surface area contributed by atoms with Gasteiger partial charge >= 0.3 is 0 Å². The summed E-state index contributed by atoms with van der Waals surface area (Å²) in [5.41, 5.74) is 0. The van der Waals surface area contributed by atoms with E-state index in [1.807, 2.05) is 0 Å². The molecule has 0 heterocycles. The smallest absolute Gasteiger partial charge is 0.0804 e. The zero-order valence-electron chi connectivity index (χ0n) is 7.59. The largest absolute Gasteiger partial charge is 0.394 e. The van der Waals surface area contributed by atoms with Gasteiger partial charge in [-0.05, 0) is 6.42 Å². The van der Waals surface area contributed by atoms with Gasteiger partial charge in [0.1, 0.15) is 0 Å². The van der Waals surface area contributed by atoms with Crippen LogP contribution in [0, 0.1) is 0 Å². The molecule has 0 aromatic rings. The molecule has 0 aromatic carbocycles. The third kappa shape index (κ3) is 4.34. The van der Waals surface area contributed by atoms with Crippen molar-refractivity contribution in [3.05, 3.63) is 11.8 Å². The van der Waals surface area contributed by atoms with Crippen LogP contribution in [0.25, 0.3) is 0 Å². The zero-order valence-corrected chi connectivity index (χ0v) is 8.59. The van der Waals surface area contributed by atoms with Gasteiger partial charge in [-0.15, -0.1) is 6.58 Å². The molecule has 0 saturated carbocycles. The molecule has 0 amide bonds. The van der Waals surface area contributed by atoms with Crippen LogP contribution < -0.4 is 0 Å². The number of hydrogen-bond acceptors (Lipinski definition) is 2. The van der Waals surface area contributed by atoms with Crippen molar-refractivity contribution in [2.45, 2.75) is 32.2 Å². The highest BCUT2D eigenvalue weighted by atomic mass is 28.3. The highest BCUT2D eigenvalue weighted by Crippen LogP contribution is 2.17. The van der Waals surface area contributed by atoms with E-state index >= 15 is 0 Å². The lowest BCUT2D eigenvalue weighted by Gasteiger charge is -2.21. The fourth-order valence-electron chi connectivity index (χ4n) is 0.655. The van der Waals surface area contributed by atoms with E-state index in [1.54, 1.807) is 0 Å². The van der Waals surface area contributed by atoms with Gasteiger partial charge in [0.15, 0.2) is 0 Å². The Morgan fingerprint density at radius 1 is 1.45 bits per heavy atom. The Labute approximate surface area is 69.6 Å². The van der Waals surface area contributed by atoms with E-state index in [4.69, 9.17) is 10.2 Å². The van der Waals surface area contributed by atoms with Crippen molar-refractivity contribution in [1.29, 1.82) is 0 Å². The predicted molar refractivity (Wildman–Crippen MR) is 50.2 cm³/mol. The Kier molecular flexibility index (Phi) is 4.00. The molecule has 0 bridgehead atoms. The van der Waals surface area contributed by atoms with Crippen molar-refractivity contribution >= 4 is 8.07 Å². The molecule has 0 aliphatic rings. The minimum absolute atomic E-state index is 0.163. The number of rotatable bonds is 4. The Hall–Kier alpha value is -0.123. The summed E-state index contributed by atoms with van der Waals surface area (Å²) in [6, 6.07) is 0. The lowest BCUT2D eigenvalue weighted by Crippen LogP contribution is -2.27. The molecule has 0 fully saturated rings. The van der Waals surface area contributed by atoms with Crippen LogP contribution in [0.5, 0.6) is 0 Å². The van der Waals surface area contributed by atoms with Gasteiger partial charge < -0.3 is 10.2 Å². The first-order valence-corrected chi connectivity index (χ1v) is 7.35. The van der Waals surface area contributed by atoms with E-state index in [1.165, 1.54) is 0 Å². The minimum Gasteiger partial charge on any atom is -0.394 e. The summed E-state index contributed by atoms with van der Waals surface area (Å²) < 4.78 is 0. The van der Waals surface area contributed by atoms with Gasteiger partial charge in [0.05, 0.1) is 20.8 Å².